The Bertz CT molecular complexity index is 653. The predicted molar refractivity (Wildman–Crippen MR) is 98.6 cm³/mol. The van der Waals surface area contributed by atoms with E-state index in [-0.39, 0.29) is 12.6 Å². The number of nitrogens with zero attached hydrogens (tertiary/aromatic N) is 2. The molecule has 0 amide bonds. The Labute approximate surface area is 159 Å². The third kappa shape index (κ3) is 7.26. The lowest BCUT2D eigenvalue weighted by molar-refractivity contribution is -0.157. The zero-order valence-corrected chi connectivity index (χ0v) is 16.0. The van der Waals surface area contributed by atoms with Crippen molar-refractivity contribution in [3.05, 3.63) is 24.3 Å². The highest BCUT2D eigenvalue weighted by molar-refractivity contribution is 5.69. The molecule has 148 valence electrons. The molecule has 1 fully saturated rings. The summed E-state index contributed by atoms with van der Waals surface area (Å²) in [6, 6.07) is 7.41. The third-order valence-electron chi connectivity index (χ3n) is 4.10. The number of piperazine rings is 1. The number of rotatable bonds is 7. The van der Waals surface area contributed by atoms with Crippen LogP contribution in [0.4, 0.5) is 5.69 Å². The number of carbonyl (C=O) groups is 3. The molecule has 8 heteroatoms. The molecule has 8 nitrogen and oxygen atoms in total. The minimum absolute atomic E-state index is 0.0622. The summed E-state index contributed by atoms with van der Waals surface area (Å²) >= 11 is 0. The summed E-state index contributed by atoms with van der Waals surface area (Å²) in [4.78, 5) is 37.6. The molecule has 0 aromatic heterocycles. The SMILES string of the molecule is CC(=O)OCC(CN1CCN(c2ccc(OC(C)=O)cc2)CC1)OC(C)=O. The molecule has 2 rings (SSSR count). The van der Waals surface area contributed by atoms with Crippen LogP contribution in [0, 0.1) is 0 Å². The van der Waals surface area contributed by atoms with Crippen molar-refractivity contribution >= 4 is 23.6 Å². The van der Waals surface area contributed by atoms with Crippen molar-refractivity contribution in [2.24, 2.45) is 0 Å². The number of benzene rings is 1. The van der Waals surface area contributed by atoms with Crippen molar-refractivity contribution in [1.82, 2.24) is 4.90 Å². The van der Waals surface area contributed by atoms with Gasteiger partial charge in [-0.1, -0.05) is 0 Å². The van der Waals surface area contributed by atoms with E-state index in [0.717, 1.165) is 31.9 Å². The summed E-state index contributed by atoms with van der Waals surface area (Å²) in [5, 5.41) is 0. The maximum Gasteiger partial charge on any atom is 0.308 e. The summed E-state index contributed by atoms with van der Waals surface area (Å²) in [6.45, 7) is 7.85. The monoisotopic (exact) mass is 378 g/mol. The van der Waals surface area contributed by atoms with Crippen LogP contribution in [0.1, 0.15) is 20.8 Å². The predicted octanol–water partition coefficient (Wildman–Crippen LogP) is 1.23. The first-order chi connectivity index (χ1) is 12.8. The van der Waals surface area contributed by atoms with Crippen LogP contribution < -0.4 is 9.64 Å². The average Bonchev–Trinajstić information content (AvgIpc) is 2.60. The molecule has 0 spiro atoms. The van der Waals surface area contributed by atoms with E-state index in [2.05, 4.69) is 9.80 Å². The van der Waals surface area contributed by atoms with E-state index >= 15 is 0 Å². The molecule has 1 saturated heterocycles. The van der Waals surface area contributed by atoms with E-state index < -0.39 is 18.0 Å². The summed E-state index contributed by atoms with van der Waals surface area (Å²) in [7, 11) is 0. The van der Waals surface area contributed by atoms with Gasteiger partial charge >= 0.3 is 17.9 Å². The van der Waals surface area contributed by atoms with Crippen LogP contribution in [0.3, 0.4) is 0 Å². The summed E-state index contributed by atoms with van der Waals surface area (Å²) < 4.78 is 15.3. The average molecular weight is 378 g/mol. The van der Waals surface area contributed by atoms with E-state index in [0.29, 0.717) is 12.3 Å². The van der Waals surface area contributed by atoms with Crippen molar-refractivity contribution in [2.75, 3.05) is 44.2 Å². The van der Waals surface area contributed by atoms with Crippen LogP contribution in [-0.4, -0.2) is 68.2 Å². The molecule has 27 heavy (non-hydrogen) atoms. The molecule has 0 bridgehead atoms. The van der Waals surface area contributed by atoms with Crippen molar-refractivity contribution in [1.29, 1.82) is 0 Å². The maximum absolute atomic E-state index is 11.3. The van der Waals surface area contributed by atoms with Gasteiger partial charge in [0.05, 0.1) is 0 Å². The quantitative estimate of drug-likeness (QED) is 0.517. The molecule has 1 aromatic rings. The van der Waals surface area contributed by atoms with E-state index in [4.69, 9.17) is 14.2 Å². The lowest BCUT2D eigenvalue weighted by atomic mass is 10.2. The second-order valence-electron chi connectivity index (χ2n) is 6.41. The number of esters is 3. The van der Waals surface area contributed by atoms with Crippen LogP contribution in [0.2, 0.25) is 0 Å². The molecule has 0 saturated carbocycles. The number of carbonyl (C=O) groups excluding carboxylic acids is 3. The zero-order chi connectivity index (χ0) is 19.8. The largest absolute Gasteiger partial charge is 0.462 e. The van der Waals surface area contributed by atoms with Gasteiger partial charge in [0.1, 0.15) is 18.5 Å². The minimum atomic E-state index is -0.471. The van der Waals surface area contributed by atoms with Gasteiger partial charge in [-0.15, -0.1) is 0 Å². The van der Waals surface area contributed by atoms with Gasteiger partial charge in [-0.25, -0.2) is 0 Å². The maximum atomic E-state index is 11.3. The molecule has 0 N–H and O–H groups in total. The summed E-state index contributed by atoms with van der Waals surface area (Å²) in [5.74, 6) is -0.597. The number of hydrogen-bond acceptors (Lipinski definition) is 8. The van der Waals surface area contributed by atoms with E-state index in [1.54, 1.807) is 12.1 Å². The Balaban J connectivity index is 1.84. The van der Waals surface area contributed by atoms with Gasteiger partial charge in [0.25, 0.3) is 0 Å². The molecule has 1 unspecified atom stereocenters. The topological polar surface area (TPSA) is 85.4 Å². The fourth-order valence-corrected chi connectivity index (χ4v) is 2.94. The van der Waals surface area contributed by atoms with Gasteiger partial charge in [-0.05, 0) is 24.3 Å². The first-order valence-corrected chi connectivity index (χ1v) is 8.90. The molecule has 1 aromatic carbocycles. The first-order valence-electron chi connectivity index (χ1n) is 8.90. The van der Waals surface area contributed by atoms with Crippen molar-refractivity contribution in [3.8, 4) is 5.75 Å². The highest BCUT2D eigenvalue weighted by Gasteiger charge is 2.23. The van der Waals surface area contributed by atoms with E-state index in [9.17, 15) is 14.4 Å². The van der Waals surface area contributed by atoms with E-state index in [1.165, 1.54) is 20.8 Å². The van der Waals surface area contributed by atoms with Crippen LogP contribution >= 0.6 is 0 Å². The summed E-state index contributed by atoms with van der Waals surface area (Å²) in [5.41, 5.74) is 1.06. The van der Waals surface area contributed by atoms with Crippen molar-refractivity contribution in [3.63, 3.8) is 0 Å². The second-order valence-corrected chi connectivity index (χ2v) is 6.41. The fraction of sp³-hybridized carbons (Fsp3) is 0.526. The van der Waals surface area contributed by atoms with Gasteiger partial charge in [0, 0.05) is 59.2 Å². The molecule has 1 atom stereocenters. The second kappa shape index (κ2) is 9.91. The first kappa shape index (κ1) is 20.7. The Kier molecular flexibility index (Phi) is 7.60. The fourth-order valence-electron chi connectivity index (χ4n) is 2.94. The van der Waals surface area contributed by atoms with Crippen molar-refractivity contribution < 1.29 is 28.6 Å². The highest BCUT2D eigenvalue weighted by atomic mass is 16.6. The number of anilines is 1. The lowest BCUT2D eigenvalue weighted by Gasteiger charge is -2.37. The van der Waals surface area contributed by atoms with E-state index in [1.807, 2.05) is 12.1 Å². The Morgan fingerprint density at radius 3 is 2.07 bits per heavy atom. The summed E-state index contributed by atoms with van der Waals surface area (Å²) in [6.07, 6.45) is -0.471. The highest BCUT2D eigenvalue weighted by Crippen LogP contribution is 2.21. The van der Waals surface area contributed by atoms with Gasteiger partial charge in [-0.2, -0.15) is 0 Å². The molecule has 1 heterocycles. The van der Waals surface area contributed by atoms with Crippen LogP contribution in [0.15, 0.2) is 24.3 Å². The smallest absolute Gasteiger partial charge is 0.308 e. The molecule has 0 aliphatic carbocycles. The molecule has 1 aliphatic heterocycles. The Hall–Kier alpha value is -2.61. The molecule has 1 aliphatic rings. The molecular weight excluding hydrogens is 352 g/mol. The van der Waals surface area contributed by atoms with Crippen LogP contribution in [0.25, 0.3) is 0 Å². The molecule has 0 radical (unpaired) electrons. The van der Waals surface area contributed by atoms with Crippen LogP contribution in [0.5, 0.6) is 5.75 Å². The third-order valence-corrected chi connectivity index (χ3v) is 4.10. The standard InChI is InChI=1S/C19H26N2O6/c1-14(22)25-13-19(27-16(3)24)12-20-8-10-21(11-9-20)17-4-6-18(7-5-17)26-15(2)23/h4-7,19H,8-13H2,1-3H3. The van der Waals surface area contributed by atoms with Gasteiger partial charge in [0.15, 0.2) is 0 Å². The Morgan fingerprint density at radius 1 is 0.926 bits per heavy atom. The Morgan fingerprint density at radius 2 is 1.56 bits per heavy atom. The van der Waals surface area contributed by atoms with Crippen molar-refractivity contribution in [2.45, 2.75) is 26.9 Å². The van der Waals surface area contributed by atoms with Gasteiger partial charge in [-0.3, -0.25) is 19.3 Å². The number of hydrogen-bond donors (Lipinski definition) is 0. The van der Waals surface area contributed by atoms with Gasteiger partial charge < -0.3 is 19.1 Å². The van der Waals surface area contributed by atoms with Gasteiger partial charge in [0.2, 0.25) is 0 Å². The minimum Gasteiger partial charge on any atom is -0.462 e. The zero-order valence-electron chi connectivity index (χ0n) is 16.0. The normalized spacial score (nSPS) is 15.7. The lowest BCUT2D eigenvalue weighted by Crippen LogP contribution is -2.49. The van der Waals surface area contributed by atoms with Crippen LogP contribution in [-0.2, 0) is 23.9 Å². The molecular formula is C19H26N2O6. The number of ether oxygens (including phenoxy) is 3.